The number of aliphatic carboxylic acids is 1. The third-order valence-corrected chi connectivity index (χ3v) is 4.56. The van der Waals surface area contributed by atoms with Gasteiger partial charge in [0.25, 0.3) is 0 Å². The summed E-state index contributed by atoms with van der Waals surface area (Å²) in [7, 11) is -4.25. The van der Waals surface area contributed by atoms with Gasteiger partial charge in [-0.2, -0.15) is 0 Å². The van der Waals surface area contributed by atoms with Crippen LogP contribution in [0.25, 0.3) is 0 Å². The Morgan fingerprint density at radius 2 is 1.89 bits per heavy atom. The zero-order valence-corrected chi connectivity index (χ0v) is 16.4. The maximum atomic E-state index is 11.9. The number of ether oxygens (including phenoxy) is 1. The number of rotatable bonds is 12. The molecule has 1 unspecified atom stereocenters. The van der Waals surface area contributed by atoms with Crippen LogP contribution in [0.5, 0.6) is 0 Å². The summed E-state index contributed by atoms with van der Waals surface area (Å²) in [6.07, 6.45) is -0.154. The van der Waals surface area contributed by atoms with Crippen molar-refractivity contribution in [3.63, 3.8) is 0 Å². The first-order chi connectivity index (χ1) is 12.7. The molecule has 1 rings (SSSR count). The Kier molecular flexibility index (Phi) is 10.0. The average molecular weight is 402 g/mol. The number of carbonyl (C=O) groups excluding carboxylic acids is 1. The van der Waals surface area contributed by atoms with Crippen LogP contribution in [-0.2, 0) is 25.2 Å². The van der Waals surface area contributed by atoms with Crippen LogP contribution in [0.4, 0.5) is 4.79 Å². The van der Waals surface area contributed by atoms with E-state index in [1.807, 2.05) is 44.2 Å². The number of carbonyl (C=O) groups is 2. The van der Waals surface area contributed by atoms with Crippen LogP contribution >= 0.6 is 7.75 Å². The van der Waals surface area contributed by atoms with Gasteiger partial charge in [-0.25, -0.2) is 14.4 Å². The predicted molar refractivity (Wildman–Crippen MR) is 99.0 cm³/mol. The summed E-state index contributed by atoms with van der Waals surface area (Å²) in [4.78, 5) is 32.4. The molecule has 27 heavy (non-hydrogen) atoms. The summed E-state index contributed by atoms with van der Waals surface area (Å²) in [5.74, 6) is -1.19. The van der Waals surface area contributed by atoms with Crippen molar-refractivity contribution in [3.8, 4) is 0 Å². The average Bonchev–Trinajstić information content (AvgIpc) is 2.59. The first-order valence-corrected chi connectivity index (χ1v) is 10.2. The molecule has 1 aromatic rings. The van der Waals surface area contributed by atoms with Gasteiger partial charge >= 0.3 is 19.8 Å². The smallest absolute Gasteiger partial charge is 0.407 e. The minimum absolute atomic E-state index is 0.0321. The Morgan fingerprint density at radius 1 is 1.22 bits per heavy atom. The van der Waals surface area contributed by atoms with Gasteiger partial charge in [0.1, 0.15) is 12.6 Å². The van der Waals surface area contributed by atoms with Crippen molar-refractivity contribution >= 4 is 19.8 Å². The van der Waals surface area contributed by atoms with Crippen molar-refractivity contribution in [2.45, 2.75) is 39.3 Å². The molecule has 10 heteroatoms. The molecule has 4 N–H and O–H groups in total. The topological polar surface area (TPSA) is 134 Å². The molecule has 0 radical (unpaired) electrons. The number of alkyl carbamates (subject to hydrolysis) is 1. The molecule has 0 fully saturated rings. The van der Waals surface area contributed by atoms with Gasteiger partial charge in [0.2, 0.25) is 0 Å². The van der Waals surface area contributed by atoms with Crippen molar-refractivity contribution < 1.29 is 33.4 Å². The quantitative estimate of drug-likeness (QED) is 0.309. The highest BCUT2D eigenvalue weighted by atomic mass is 31.2. The summed E-state index contributed by atoms with van der Waals surface area (Å²) in [6, 6.07) is 8.02. The number of carboxylic acid groups (broad SMARTS) is 1. The number of amides is 1. The van der Waals surface area contributed by atoms with E-state index in [0.717, 1.165) is 5.56 Å². The largest absolute Gasteiger partial charge is 0.480 e. The summed E-state index contributed by atoms with van der Waals surface area (Å²) in [6.45, 7) is 3.81. The molecule has 2 atom stereocenters. The molecule has 0 spiro atoms. The van der Waals surface area contributed by atoms with E-state index >= 15 is 0 Å². The van der Waals surface area contributed by atoms with E-state index in [-0.39, 0.29) is 38.5 Å². The molecule has 0 bridgehead atoms. The van der Waals surface area contributed by atoms with E-state index < -0.39 is 25.9 Å². The summed E-state index contributed by atoms with van der Waals surface area (Å²) < 4.78 is 21.8. The van der Waals surface area contributed by atoms with Crippen molar-refractivity contribution in [2.24, 2.45) is 5.92 Å². The fraction of sp³-hybridized carbons (Fsp3) is 0.529. The molecule has 1 aromatic carbocycles. The molecule has 0 aliphatic rings. The second-order valence-electron chi connectivity index (χ2n) is 6.35. The van der Waals surface area contributed by atoms with E-state index in [0.29, 0.717) is 0 Å². The standard InChI is InChI=1S/C17H27N2O7P/c1-13(2)11-15(16(20)21)19-27(23,24)26-10-6-9-18-17(22)25-12-14-7-4-3-5-8-14/h3-5,7-8,13,15H,6,9-12H2,1-2H3,(H,18,22)(H,20,21)(H2,19,23,24)/t15-/m0/s1. The Bertz CT molecular complexity index is 639. The van der Waals surface area contributed by atoms with Crippen molar-refractivity contribution in [2.75, 3.05) is 13.2 Å². The first-order valence-electron chi connectivity index (χ1n) is 8.62. The minimum atomic E-state index is -4.25. The number of carboxylic acids is 1. The molecule has 0 aliphatic heterocycles. The molecule has 152 valence electrons. The summed E-state index contributed by atoms with van der Waals surface area (Å²) in [5.41, 5.74) is 0.859. The summed E-state index contributed by atoms with van der Waals surface area (Å²) in [5, 5.41) is 13.7. The van der Waals surface area contributed by atoms with Gasteiger partial charge in [-0.1, -0.05) is 44.2 Å². The number of hydrogen-bond acceptors (Lipinski definition) is 5. The Hall–Kier alpha value is -1.93. The second kappa shape index (κ2) is 11.7. The zero-order valence-electron chi connectivity index (χ0n) is 15.5. The van der Waals surface area contributed by atoms with E-state index in [9.17, 15) is 19.0 Å². The van der Waals surface area contributed by atoms with Gasteiger partial charge in [0.15, 0.2) is 0 Å². The monoisotopic (exact) mass is 402 g/mol. The maximum Gasteiger partial charge on any atom is 0.407 e. The molecule has 0 heterocycles. The molecule has 0 saturated carbocycles. The molecular weight excluding hydrogens is 375 g/mol. The van der Waals surface area contributed by atoms with Gasteiger partial charge < -0.3 is 20.1 Å². The van der Waals surface area contributed by atoms with Crippen LogP contribution in [0.1, 0.15) is 32.3 Å². The van der Waals surface area contributed by atoms with Crippen LogP contribution in [0, 0.1) is 5.92 Å². The molecule has 0 saturated heterocycles. The molecule has 1 amide bonds. The number of benzene rings is 1. The number of nitrogens with one attached hydrogen (secondary N) is 2. The lowest BCUT2D eigenvalue weighted by Gasteiger charge is -2.20. The molecule has 0 aliphatic carbocycles. The highest BCUT2D eigenvalue weighted by Gasteiger charge is 2.29. The lowest BCUT2D eigenvalue weighted by Crippen LogP contribution is -2.36. The van der Waals surface area contributed by atoms with Gasteiger partial charge in [-0.05, 0) is 24.3 Å². The van der Waals surface area contributed by atoms with Crippen LogP contribution in [0.2, 0.25) is 0 Å². The van der Waals surface area contributed by atoms with E-state index in [4.69, 9.17) is 14.4 Å². The first kappa shape index (κ1) is 23.1. The predicted octanol–water partition coefficient (Wildman–Crippen LogP) is 2.51. The lowest BCUT2D eigenvalue weighted by molar-refractivity contribution is -0.139. The van der Waals surface area contributed by atoms with E-state index in [1.54, 1.807) is 0 Å². The number of hydrogen-bond donors (Lipinski definition) is 4. The van der Waals surface area contributed by atoms with Crippen molar-refractivity contribution in [1.82, 2.24) is 10.4 Å². The maximum absolute atomic E-state index is 11.9. The fourth-order valence-corrected chi connectivity index (χ4v) is 3.20. The molecular formula is C17H27N2O7P. The van der Waals surface area contributed by atoms with Gasteiger partial charge in [-0.15, -0.1) is 0 Å². The molecule has 9 nitrogen and oxygen atoms in total. The molecule has 0 aromatic heterocycles. The van der Waals surface area contributed by atoms with Gasteiger partial charge in [0.05, 0.1) is 6.61 Å². The SMILES string of the molecule is CC(C)C[C@H](NP(=O)(O)OCCCNC(=O)OCc1ccccc1)C(=O)O. The third-order valence-electron chi connectivity index (χ3n) is 3.39. The fourth-order valence-electron chi connectivity index (χ4n) is 2.14. The van der Waals surface area contributed by atoms with E-state index in [2.05, 4.69) is 10.4 Å². The van der Waals surface area contributed by atoms with Gasteiger partial charge in [0, 0.05) is 6.54 Å². The zero-order chi connectivity index (χ0) is 20.3. The Labute approximate surface area is 158 Å². The Balaban J connectivity index is 2.22. The van der Waals surface area contributed by atoms with Gasteiger partial charge in [-0.3, -0.25) is 9.32 Å². The lowest BCUT2D eigenvalue weighted by atomic mass is 10.1. The summed E-state index contributed by atoms with van der Waals surface area (Å²) >= 11 is 0. The van der Waals surface area contributed by atoms with E-state index in [1.165, 1.54) is 0 Å². The highest BCUT2D eigenvalue weighted by molar-refractivity contribution is 7.50. The Morgan fingerprint density at radius 3 is 2.48 bits per heavy atom. The van der Waals surface area contributed by atoms with Crippen molar-refractivity contribution in [3.05, 3.63) is 35.9 Å². The second-order valence-corrected chi connectivity index (χ2v) is 7.90. The van der Waals surface area contributed by atoms with Crippen molar-refractivity contribution in [1.29, 1.82) is 0 Å². The van der Waals surface area contributed by atoms with Crippen LogP contribution in [0.15, 0.2) is 30.3 Å². The third kappa shape index (κ3) is 10.7. The minimum Gasteiger partial charge on any atom is -0.480 e. The van der Waals surface area contributed by atoms with Crippen LogP contribution < -0.4 is 10.4 Å². The highest BCUT2D eigenvalue weighted by Crippen LogP contribution is 2.38. The normalized spacial score (nSPS) is 14.4. The van der Waals surface area contributed by atoms with Crippen LogP contribution in [-0.4, -0.2) is 41.3 Å². The van der Waals surface area contributed by atoms with Crippen LogP contribution in [0.3, 0.4) is 0 Å².